The van der Waals surface area contributed by atoms with Crippen LogP contribution in [0.2, 0.25) is 5.02 Å². The number of aromatic nitrogens is 2. The molecule has 1 aromatic heterocycles. The molecular weight excluding hydrogens is 439 g/mol. The summed E-state index contributed by atoms with van der Waals surface area (Å²) in [6, 6.07) is 8.97. The molecule has 0 saturated heterocycles. The number of fused-ring (bicyclic) bond motifs is 1. The maximum Gasteiger partial charge on any atom is 0.165 e. The van der Waals surface area contributed by atoms with Crippen molar-refractivity contribution in [3.8, 4) is 11.5 Å². The lowest BCUT2D eigenvalue weighted by Crippen LogP contribution is -2.33. The Balaban J connectivity index is 1.62. The van der Waals surface area contributed by atoms with Crippen LogP contribution in [0, 0.1) is 5.82 Å². The minimum absolute atomic E-state index is 0.0422. The molecule has 0 spiro atoms. The standard InChI is InChI=1S/C22H24ClFN4O2S/c1-29-19-11-18-15(10-20(19)30-14-8-6-13(7-9-14)28-31-2)22(26-12-25-18)27-17-5-3-4-16(23)21(17)24/h3-5,10-14,28H,6-9H2,1-2H3,(H,25,26,27). The van der Waals surface area contributed by atoms with Crippen LogP contribution >= 0.6 is 23.5 Å². The summed E-state index contributed by atoms with van der Waals surface area (Å²) in [5.74, 6) is 1.17. The van der Waals surface area contributed by atoms with Gasteiger partial charge in [-0.3, -0.25) is 4.72 Å². The van der Waals surface area contributed by atoms with Crippen LogP contribution in [-0.4, -0.2) is 35.5 Å². The SMILES string of the molecule is COc1cc2ncnc(Nc3cccc(Cl)c3F)c2cc1OC1CCC(NSC)CC1. The van der Waals surface area contributed by atoms with Crippen molar-refractivity contribution in [1.29, 1.82) is 0 Å². The molecule has 31 heavy (non-hydrogen) atoms. The number of methoxy groups -OCH3 is 1. The fourth-order valence-electron chi connectivity index (χ4n) is 3.79. The topological polar surface area (TPSA) is 68.3 Å². The lowest BCUT2D eigenvalue weighted by atomic mass is 9.93. The van der Waals surface area contributed by atoms with Gasteiger partial charge in [-0.05, 0) is 50.1 Å². The minimum atomic E-state index is -0.531. The first kappa shape index (κ1) is 21.9. The van der Waals surface area contributed by atoms with Crippen LogP contribution in [0.3, 0.4) is 0 Å². The summed E-state index contributed by atoms with van der Waals surface area (Å²) in [5.41, 5.74) is 0.905. The normalized spacial score (nSPS) is 18.7. The summed E-state index contributed by atoms with van der Waals surface area (Å²) in [7, 11) is 1.61. The molecule has 3 aromatic rings. The van der Waals surface area contributed by atoms with E-state index in [0.717, 1.165) is 25.7 Å². The highest BCUT2D eigenvalue weighted by molar-refractivity contribution is 7.96. The number of hydrogen-bond acceptors (Lipinski definition) is 7. The van der Waals surface area contributed by atoms with Crippen LogP contribution in [-0.2, 0) is 0 Å². The number of nitrogens with zero attached hydrogens (tertiary/aromatic N) is 2. The van der Waals surface area contributed by atoms with Gasteiger partial charge in [0.25, 0.3) is 0 Å². The van der Waals surface area contributed by atoms with Crippen LogP contribution in [0.25, 0.3) is 10.9 Å². The number of hydrogen-bond donors (Lipinski definition) is 2. The van der Waals surface area contributed by atoms with Gasteiger partial charge < -0.3 is 14.8 Å². The number of halogens is 2. The third kappa shape index (κ3) is 4.97. The molecule has 0 aliphatic heterocycles. The predicted octanol–water partition coefficient (Wildman–Crippen LogP) is 5.73. The lowest BCUT2D eigenvalue weighted by molar-refractivity contribution is 0.140. The minimum Gasteiger partial charge on any atom is -0.493 e. The van der Waals surface area contributed by atoms with E-state index in [-0.39, 0.29) is 16.8 Å². The van der Waals surface area contributed by atoms with E-state index in [0.29, 0.717) is 34.3 Å². The summed E-state index contributed by atoms with van der Waals surface area (Å²) in [4.78, 5) is 8.64. The van der Waals surface area contributed by atoms with Gasteiger partial charge in [-0.1, -0.05) is 29.6 Å². The van der Waals surface area contributed by atoms with E-state index in [1.54, 1.807) is 31.2 Å². The molecule has 4 rings (SSSR count). The molecule has 1 saturated carbocycles. The van der Waals surface area contributed by atoms with E-state index in [2.05, 4.69) is 20.0 Å². The smallest absolute Gasteiger partial charge is 0.165 e. The molecule has 2 N–H and O–H groups in total. The first-order valence-electron chi connectivity index (χ1n) is 10.1. The molecular formula is C22H24ClFN4O2S. The first-order chi connectivity index (χ1) is 15.1. The van der Waals surface area contributed by atoms with Crippen LogP contribution in [0.4, 0.5) is 15.9 Å². The predicted molar refractivity (Wildman–Crippen MR) is 124 cm³/mol. The quantitative estimate of drug-likeness (QED) is 0.434. The van der Waals surface area contributed by atoms with Crippen LogP contribution in [0.1, 0.15) is 25.7 Å². The molecule has 1 fully saturated rings. The van der Waals surface area contributed by atoms with Crippen LogP contribution < -0.4 is 19.5 Å². The molecule has 2 aromatic carbocycles. The van der Waals surface area contributed by atoms with Crippen molar-refractivity contribution < 1.29 is 13.9 Å². The summed E-state index contributed by atoms with van der Waals surface area (Å²) < 4.78 is 29.7. The molecule has 1 heterocycles. The zero-order valence-corrected chi connectivity index (χ0v) is 18.9. The third-order valence-corrected chi connectivity index (χ3v) is 6.24. The molecule has 0 unspecified atom stereocenters. The molecule has 1 aliphatic carbocycles. The molecule has 1 aliphatic rings. The van der Waals surface area contributed by atoms with Crippen LogP contribution in [0.5, 0.6) is 11.5 Å². The number of benzene rings is 2. The summed E-state index contributed by atoms with van der Waals surface area (Å²) >= 11 is 7.57. The van der Waals surface area contributed by atoms with E-state index in [9.17, 15) is 4.39 Å². The molecule has 0 radical (unpaired) electrons. The van der Waals surface area contributed by atoms with Gasteiger partial charge in [-0.2, -0.15) is 0 Å². The van der Waals surface area contributed by atoms with Gasteiger partial charge in [0.05, 0.1) is 29.4 Å². The number of anilines is 2. The third-order valence-electron chi connectivity index (χ3n) is 5.38. The Morgan fingerprint density at radius 3 is 2.68 bits per heavy atom. The number of ether oxygens (including phenoxy) is 2. The van der Waals surface area contributed by atoms with Gasteiger partial charge >= 0.3 is 0 Å². The van der Waals surface area contributed by atoms with E-state index in [4.69, 9.17) is 21.1 Å². The molecule has 0 amide bonds. The molecule has 0 bridgehead atoms. The molecule has 6 nitrogen and oxygen atoms in total. The fraction of sp³-hybridized carbons (Fsp3) is 0.364. The van der Waals surface area contributed by atoms with E-state index in [1.807, 2.05) is 18.4 Å². The Hall–Kier alpha value is -2.29. The first-order valence-corrected chi connectivity index (χ1v) is 11.7. The largest absolute Gasteiger partial charge is 0.493 e. The van der Waals surface area contributed by atoms with Gasteiger partial charge in [-0.25, -0.2) is 14.4 Å². The van der Waals surface area contributed by atoms with Gasteiger partial charge in [0.15, 0.2) is 17.3 Å². The molecule has 9 heteroatoms. The second kappa shape index (κ2) is 9.89. The average Bonchev–Trinajstić information content (AvgIpc) is 2.78. The second-order valence-electron chi connectivity index (χ2n) is 7.38. The second-order valence-corrected chi connectivity index (χ2v) is 8.43. The van der Waals surface area contributed by atoms with Crippen molar-refractivity contribution in [3.63, 3.8) is 0 Å². The highest BCUT2D eigenvalue weighted by Crippen LogP contribution is 2.37. The van der Waals surface area contributed by atoms with Crippen molar-refractivity contribution >= 4 is 46.0 Å². The van der Waals surface area contributed by atoms with Crippen molar-refractivity contribution in [3.05, 3.63) is 47.5 Å². The van der Waals surface area contributed by atoms with Gasteiger partial charge in [0, 0.05) is 17.5 Å². The Morgan fingerprint density at radius 1 is 1.13 bits per heavy atom. The summed E-state index contributed by atoms with van der Waals surface area (Å²) in [5, 5.41) is 3.77. The zero-order valence-electron chi connectivity index (χ0n) is 17.3. The van der Waals surface area contributed by atoms with Crippen molar-refractivity contribution in [2.75, 3.05) is 18.7 Å². The van der Waals surface area contributed by atoms with Crippen molar-refractivity contribution in [2.45, 2.75) is 37.8 Å². The summed E-state index contributed by atoms with van der Waals surface area (Å²) in [6.07, 6.45) is 7.63. The monoisotopic (exact) mass is 462 g/mol. The summed E-state index contributed by atoms with van der Waals surface area (Å²) in [6.45, 7) is 0. The Kier molecular flexibility index (Phi) is 6.99. The van der Waals surface area contributed by atoms with E-state index >= 15 is 0 Å². The van der Waals surface area contributed by atoms with Crippen molar-refractivity contribution in [1.82, 2.24) is 14.7 Å². The highest BCUT2D eigenvalue weighted by Gasteiger charge is 2.23. The van der Waals surface area contributed by atoms with Crippen LogP contribution in [0.15, 0.2) is 36.7 Å². The van der Waals surface area contributed by atoms with E-state index < -0.39 is 5.82 Å². The van der Waals surface area contributed by atoms with Crippen molar-refractivity contribution in [2.24, 2.45) is 0 Å². The maximum absolute atomic E-state index is 14.4. The van der Waals surface area contributed by atoms with Gasteiger partial charge in [0.1, 0.15) is 12.1 Å². The maximum atomic E-state index is 14.4. The fourth-order valence-corrected chi connectivity index (χ4v) is 4.53. The average molecular weight is 463 g/mol. The lowest BCUT2D eigenvalue weighted by Gasteiger charge is -2.29. The molecule has 0 atom stereocenters. The van der Waals surface area contributed by atoms with E-state index in [1.165, 1.54) is 12.4 Å². The highest BCUT2D eigenvalue weighted by atomic mass is 35.5. The number of nitrogens with one attached hydrogen (secondary N) is 2. The zero-order chi connectivity index (χ0) is 21.8. The Bertz CT molecular complexity index is 1060. The Morgan fingerprint density at radius 2 is 1.94 bits per heavy atom. The Labute approximate surface area is 190 Å². The number of rotatable bonds is 7. The van der Waals surface area contributed by atoms with Gasteiger partial charge in [-0.15, -0.1) is 0 Å². The van der Waals surface area contributed by atoms with Gasteiger partial charge in [0.2, 0.25) is 0 Å². The molecule has 164 valence electrons.